The lowest BCUT2D eigenvalue weighted by atomic mass is 9.73. The van der Waals surface area contributed by atoms with E-state index in [-0.39, 0.29) is 18.3 Å². The maximum Gasteiger partial charge on any atom is 0.250 e. The number of rotatable bonds is 3. The van der Waals surface area contributed by atoms with Gasteiger partial charge in [-0.3, -0.25) is 9.36 Å². The molecule has 158 valence electrons. The third kappa shape index (κ3) is 3.04. The first-order chi connectivity index (χ1) is 14.5. The van der Waals surface area contributed by atoms with Crippen molar-refractivity contribution in [2.75, 3.05) is 5.32 Å². The molecule has 0 bridgehead atoms. The molecule has 0 aromatic carbocycles. The van der Waals surface area contributed by atoms with Gasteiger partial charge in [-0.15, -0.1) is 0 Å². The molecule has 30 heavy (non-hydrogen) atoms. The molecule has 6 nitrogen and oxygen atoms in total. The summed E-state index contributed by atoms with van der Waals surface area (Å²) in [5.41, 5.74) is 1.86. The van der Waals surface area contributed by atoms with Gasteiger partial charge in [-0.05, 0) is 49.8 Å². The number of aromatic nitrogens is 4. The molecular formula is C23H28FN5O. The first-order valence-electron chi connectivity index (χ1n) is 10.6. The summed E-state index contributed by atoms with van der Waals surface area (Å²) in [5.74, 6) is 2.20. The molecule has 1 spiro atoms. The van der Waals surface area contributed by atoms with E-state index in [0.717, 1.165) is 43.0 Å². The van der Waals surface area contributed by atoms with Crippen LogP contribution in [0.5, 0.6) is 0 Å². The highest BCUT2D eigenvalue weighted by Crippen LogP contribution is 2.47. The second-order valence-electron chi connectivity index (χ2n) is 8.85. The Balaban J connectivity index is 0.00000231. The summed E-state index contributed by atoms with van der Waals surface area (Å²) in [7, 11) is 0. The van der Waals surface area contributed by atoms with Gasteiger partial charge in [-0.1, -0.05) is 13.8 Å². The lowest BCUT2D eigenvalue weighted by Gasteiger charge is -2.45. The normalized spacial score (nSPS) is 22.6. The third-order valence-corrected chi connectivity index (χ3v) is 6.53. The van der Waals surface area contributed by atoms with Crippen LogP contribution in [0, 0.1) is 11.7 Å². The summed E-state index contributed by atoms with van der Waals surface area (Å²) in [6.07, 6.45) is 8.90. The van der Waals surface area contributed by atoms with Crippen molar-refractivity contribution in [1.82, 2.24) is 19.1 Å². The van der Waals surface area contributed by atoms with Crippen LogP contribution in [0.2, 0.25) is 0 Å². The molecule has 1 N–H and O–H groups in total. The molecule has 1 fully saturated rings. The Kier molecular flexibility index (Phi) is 4.49. The molecule has 5 rings (SSSR count). The standard InChI is InChI=1S/C23H26FN5O.H2/c1-15(2)21-26-12-19-23(27-18-4-3-11-25-22(18)29(19)21)9-7-16(8-10-23)13-28-14-17(24)5-6-20(28)30;/h3-6,11-12,14-16,27H,7-10,13H2,1-2H3;1H. The summed E-state index contributed by atoms with van der Waals surface area (Å²) in [6, 6.07) is 6.56. The fourth-order valence-electron chi connectivity index (χ4n) is 4.99. The zero-order valence-corrected chi connectivity index (χ0v) is 17.3. The highest BCUT2D eigenvalue weighted by Gasteiger charge is 2.43. The Hall–Kier alpha value is -2.96. The molecule has 0 radical (unpaired) electrons. The van der Waals surface area contributed by atoms with Crippen molar-refractivity contribution < 1.29 is 5.82 Å². The lowest BCUT2D eigenvalue weighted by Crippen LogP contribution is -2.44. The van der Waals surface area contributed by atoms with Crippen molar-refractivity contribution in [3.05, 3.63) is 70.5 Å². The average molecular weight is 410 g/mol. The van der Waals surface area contributed by atoms with Gasteiger partial charge in [0.05, 0.1) is 23.1 Å². The Labute approximate surface area is 176 Å². The maximum atomic E-state index is 13.6. The minimum absolute atomic E-state index is 0. The first kappa shape index (κ1) is 19.0. The molecule has 1 aliphatic carbocycles. The fourth-order valence-corrected chi connectivity index (χ4v) is 4.99. The van der Waals surface area contributed by atoms with Crippen molar-refractivity contribution in [2.24, 2.45) is 5.92 Å². The molecule has 1 aliphatic heterocycles. The van der Waals surface area contributed by atoms with Crippen molar-refractivity contribution in [1.29, 1.82) is 0 Å². The van der Waals surface area contributed by atoms with Crippen LogP contribution in [-0.4, -0.2) is 19.1 Å². The van der Waals surface area contributed by atoms with E-state index in [9.17, 15) is 9.18 Å². The largest absolute Gasteiger partial charge is 0.371 e. The molecule has 0 unspecified atom stereocenters. The number of pyridine rings is 2. The second kappa shape index (κ2) is 7.07. The third-order valence-electron chi connectivity index (χ3n) is 6.53. The molecular weight excluding hydrogens is 381 g/mol. The minimum atomic E-state index is -0.370. The van der Waals surface area contributed by atoms with Crippen LogP contribution < -0.4 is 10.9 Å². The summed E-state index contributed by atoms with van der Waals surface area (Å²) >= 11 is 0. The van der Waals surface area contributed by atoms with Gasteiger partial charge in [0.2, 0.25) is 0 Å². The summed E-state index contributed by atoms with van der Waals surface area (Å²) in [6.45, 7) is 4.86. The molecule has 2 aliphatic rings. The van der Waals surface area contributed by atoms with E-state index in [2.05, 4.69) is 34.8 Å². The zero-order chi connectivity index (χ0) is 20.9. The van der Waals surface area contributed by atoms with Crippen LogP contribution in [0.25, 0.3) is 5.82 Å². The van der Waals surface area contributed by atoms with E-state index in [4.69, 9.17) is 4.98 Å². The van der Waals surface area contributed by atoms with E-state index in [1.807, 2.05) is 18.5 Å². The van der Waals surface area contributed by atoms with Crippen LogP contribution in [-0.2, 0) is 12.1 Å². The van der Waals surface area contributed by atoms with Crippen LogP contribution in [0.15, 0.2) is 47.7 Å². The quantitative estimate of drug-likeness (QED) is 0.694. The van der Waals surface area contributed by atoms with E-state index in [1.165, 1.54) is 28.6 Å². The van der Waals surface area contributed by atoms with Crippen molar-refractivity contribution in [3.8, 4) is 5.82 Å². The second-order valence-corrected chi connectivity index (χ2v) is 8.85. The Morgan fingerprint density at radius 3 is 2.83 bits per heavy atom. The SMILES string of the molecule is CC(C)c1ncc2n1-c1ncccc1NC21CCC(Cn2cc(F)ccc2=O)CC1.[HH]. The predicted molar refractivity (Wildman–Crippen MR) is 115 cm³/mol. The van der Waals surface area contributed by atoms with Gasteiger partial charge in [0, 0.05) is 32.3 Å². The Morgan fingerprint density at radius 2 is 2.07 bits per heavy atom. The van der Waals surface area contributed by atoms with E-state index < -0.39 is 0 Å². The zero-order valence-electron chi connectivity index (χ0n) is 17.3. The Morgan fingerprint density at radius 1 is 1.27 bits per heavy atom. The average Bonchev–Trinajstić information content (AvgIpc) is 3.19. The minimum Gasteiger partial charge on any atom is -0.371 e. The molecule has 4 heterocycles. The summed E-state index contributed by atoms with van der Waals surface area (Å²) in [4.78, 5) is 21.5. The summed E-state index contributed by atoms with van der Waals surface area (Å²) in [5, 5.41) is 3.77. The number of fused-ring (bicyclic) bond motifs is 4. The van der Waals surface area contributed by atoms with Gasteiger partial charge < -0.3 is 9.88 Å². The number of anilines is 1. The highest BCUT2D eigenvalue weighted by atomic mass is 19.1. The Bertz CT molecular complexity index is 1150. The van der Waals surface area contributed by atoms with Crippen molar-refractivity contribution >= 4 is 5.69 Å². The monoisotopic (exact) mass is 409 g/mol. The summed E-state index contributed by atoms with van der Waals surface area (Å²) < 4.78 is 17.3. The number of nitrogens with one attached hydrogen (secondary N) is 1. The van der Waals surface area contributed by atoms with Crippen LogP contribution in [0.4, 0.5) is 10.1 Å². The van der Waals surface area contributed by atoms with Gasteiger partial charge in [0.1, 0.15) is 11.6 Å². The molecule has 0 amide bonds. The number of imidazole rings is 1. The molecule has 1 saturated carbocycles. The van der Waals surface area contributed by atoms with Gasteiger partial charge in [0.15, 0.2) is 5.82 Å². The van der Waals surface area contributed by atoms with Crippen LogP contribution in [0.1, 0.15) is 58.4 Å². The lowest BCUT2D eigenvalue weighted by molar-refractivity contribution is 0.225. The van der Waals surface area contributed by atoms with E-state index in [1.54, 1.807) is 0 Å². The van der Waals surface area contributed by atoms with Crippen molar-refractivity contribution in [3.63, 3.8) is 0 Å². The topological polar surface area (TPSA) is 64.7 Å². The molecule has 0 atom stereocenters. The fraction of sp³-hybridized carbons (Fsp3) is 0.435. The van der Waals surface area contributed by atoms with Gasteiger partial charge in [-0.2, -0.15) is 0 Å². The van der Waals surface area contributed by atoms with Gasteiger partial charge >= 0.3 is 0 Å². The molecule has 3 aromatic heterocycles. The molecule has 3 aromatic rings. The van der Waals surface area contributed by atoms with Gasteiger partial charge in [-0.25, -0.2) is 14.4 Å². The van der Waals surface area contributed by atoms with Crippen LogP contribution >= 0.6 is 0 Å². The number of hydrogen-bond donors (Lipinski definition) is 1. The first-order valence-corrected chi connectivity index (χ1v) is 10.6. The van der Waals surface area contributed by atoms with Crippen molar-refractivity contribution in [2.45, 2.75) is 57.5 Å². The smallest absolute Gasteiger partial charge is 0.250 e. The van der Waals surface area contributed by atoms with Crippen LogP contribution in [0.3, 0.4) is 0 Å². The highest BCUT2D eigenvalue weighted by molar-refractivity contribution is 5.63. The maximum absolute atomic E-state index is 13.6. The van der Waals surface area contributed by atoms with E-state index in [0.29, 0.717) is 18.4 Å². The number of hydrogen-bond acceptors (Lipinski definition) is 4. The van der Waals surface area contributed by atoms with Gasteiger partial charge in [0.25, 0.3) is 5.56 Å². The number of halogens is 1. The van der Waals surface area contributed by atoms with E-state index >= 15 is 0 Å². The molecule has 7 heteroatoms. The number of nitrogens with zero attached hydrogens (tertiary/aromatic N) is 4. The predicted octanol–water partition coefficient (Wildman–Crippen LogP) is 4.45. The molecule has 0 saturated heterocycles.